The predicted molar refractivity (Wildman–Crippen MR) is 200 cm³/mol. The van der Waals surface area contributed by atoms with Crippen molar-refractivity contribution < 1.29 is 18.0 Å². The summed E-state index contributed by atoms with van der Waals surface area (Å²) in [6.07, 6.45) is 3.37. The van der Waals surface area contributed by atoms with E-state index in [0.717, 1.165) is 40.7 Å². The van der Waals surface area contributed by atoms with Crippen LogP contribution in [0.5, 0.6) is 0 Å². The minimum atomic E-state index is -3.80. The zero-order chi connectivity index (χ0) is 36.7. The van der Waals surface area contributed by atoms with Crippen LogP contribution >= 0.6 is 0 Å². The summed E-state index contributed by atoms with van der Waals surface area (Å²) in [6, 6.07) is 27.9. The summed E-state index contributed by atoms with van der Waals surface area (Å²) in [5.74, 6) is 0.0248. The number of carbonyl (C=O) groups is 2. The van der Waals surface area contributed by atoms with Gasteiger partial charge in [-0.2, -0.15) is 5.10 Å². The number of nitrogens with zero attached hydrogens (tertiary/aromatic N) is 1. The molecular formula is C39H43N7O5S. The maximum Gasteiger partial charge on any atom is 0.340 e. The fraction of sp³-hybridized carbons (Fsp3) is 0.282. The maximum absolute atomic E-state index is 13.8. The van der Waals surface area contributed by atoms with Crippen molar-refractivity contribution >= 4 is 27.5 Å². The first kappa shape index (κ1) is 36.4. The number of nitrogens with two attached hydrogens (primary N) is 1. The van der Waals surface area contributed by atoms with Crippen molar-refractivity contribution in [1.29, 1.82) is 0 Å². The zero-order valence-corrected chi connectivity index (χ0v) is 29.7. The summed E-state index contributed by atoms with van der Waals surface area (Å²) >= 11 is 0. The van der Waals surface area contributed by atoms with Crippen LogP contribution in [-0.4, -0.2) is 48.0 Å². The summed E-state index contributed by atoms with van der Waals surface area (Å²) in [6.45, 7) is 2.69. The molecule has 0 radical (unpaired) electrons. The largest absolute Gasteiger partial charge is 0.344 e. The topological polar surface area (TPSA) is 192 Å². The Morgan fingerprint density at radius 1 is 0.885 bits per heavy atom. The molecule has 52 heavy (non-hydrogen) atoms. The molecule has 0 saturated heterocycles. The number of carbonyl (C=O) groups excluding carboxylic acids is 2. The number of anilines is 1. The van der Waals surface area contributed by atoms with Gasteiger partial charge in [-0.1, -0.05) is 60.7 Å². The SMILES string of the molecule is Cc1ccc(S(=O)(=O)NCc2ccccc2)cc1-c1cccc(C[C@H](NC(=O)C2CCC(CN)CC2)C(=O)Nc2ccc(-c3n[nH]c(=O)[nH]3)cc2)c1. The average molecular weight is 722 g/mol. The van der Waals surface area contributed by atoms with Crippen LogP contribution < -0.4 is 26.8 Å². The first-order valence-corrected chi connectivity index (χ1v) is 18.9. The van der Waals surface area contributed by atoms with E-state index in [1.807, 2.05) is 61.5 Å². The van der Waals surface area contributed by atoms with Gasteiger partial charge in [0.1, 0.15) is 6.04 Å². The van der Waals surface area contributed by atoms with E-state index in [0.29, 0.717) is 42.4 Å². The van der Waals surface area contributed by atoms with Crippen molar-refractivity contribution in [2.75, 3.05) is 11.9 Å². The average Bonchev–Trinajstić information content (AvgIpc) is 3.60. The van der Waals surface area contributed by atoms with E-state index in [9.17, 15) is 22.8 Å². The van der Waals surface area contributed by atoms with Gasteiger partial charge in [-0.25, -0.2) is 23.0 Å². The summed E-state index contributed by atoms with van der Waals surface area (Å²) < 4.78 is 29.2. The summed E-state index contributed by atoms with van der Waals surface area (Å²) in [4.78, 5) is 41.6. The molecule has 270 valence electrons. The fourth-order valence-electron chi connectivity index (χ4n) is 6.55. The molecule has 2 amide bonds. The first-order chi connectivity index (χ1) is 25.1. The van der Waals surface area contributed by atoms with Gasteiger partial charge in [0, 0.05) is 30.1 Å². The van der Waals surface area contributed by atoms with E-state index in [1.165, 1.54) is 0 Å². The van der Waals surface area contributed by atoms with Gasteiger partial charge in [-0.05, 0) is 109 Å². The number of hydrogen-bond donors (Lipinski definition) is 6. The first-order valence-electron chi connectivity index (χ1n) is 17.4. The van der Waals surface area contributed by atoms with Gasteiger partial charge in [-0.3, -0.25) is 14.6 Å². The Bertz CT molecular complexity index is 2170. The molecule has 0 aliphatic heterocycles. The number of aromatic nitrogens is 3. The molecule has 1 heterocycles. The molecule has 4 aromatic carbocycles. The van der Waals surface area contributed by atoms with Crippen molar-refractivity contribution in [3.63, 3.8) is 0 Å². The summed E-state index contributed by atoms with van der Waals surface area (Å²) in [5.41, 5.74) is 10.7. The van der Waals surface area contributed by atoms with Crippen LogP contribution in [0.2, 0.25) is 0 Å². The molecule has 1 aliphatic carbocycles. The fourth-order valence-corrected chi connectivity index (χ4v) is 7.59. The number of H-pyrrole nitrogens is 2. The Labute approximate surface area is 302 Å². The molecule has 0 bridgehead atoms. The van der Waals surface area contributed by atoms with Gasteiger partial charge in [-0.15, -0.1) is 0 Å². The Morgan fingerprint density at radius 2 is 1.62 bits per heavy atom. The standard InChI is InChI=1S/C39H43N7O5S/c1-25-10-19-33(52(50,51)41-24-27-6-3-2-4-7-27)22-34(25)31-9-5-8-28(20-31)21-35(43-37(47)30-13-11-26(23-40)12-14-30)38(48)42-32-17-15-29(16-18-32)36-44-39(49)46-45-36/h2-10,15-20,22,26,30,35,41H,11-14,21,23-24,40H2,1H3,(H,42,48)(H,43,47)(H2,44,45,46,49)/t26?,30?,35-/m0/s1. The second-order valence-electron chi connectivity index (χ2n) is 13.3. The van der Waals surface area contributed by atoms with Crippen molar-refractivity contribution in [3.05, 3.63) is 124 Å². The smallest absolute Gasteiger partial charge is 0.340 e. The van der Waals surface area contributed by atoms with E-state index in [-0.39, 0.29) is 35.6 Å². The molecule has 1 fully saturated rings. The van der Waals surface area contributed by atoms with Gasteiger partial charge < -0.3 is 16.4 Å². The second kappa shape index (κ2) is 16.3. The molecule has 13 heteroatoms. The van der Waals surface area contributed by atoms with Gasteiger partial charge >= 0.3 is 5.69 Å². The highest BCUT2D eigenvalue weighted by Crippen LogP contribution is 2.30. The highest BCUT2D eigenvalue weighted by Gasteiger charge is 2.29. The summed E-state index contributed by atoms with van der Waals surface area (Å²) in [7, 11) is -3.80. The van der Waals surface area contributed by atoms with E-state index >= 15 is 0 Å². The third kappa shape index (κ3) is 9.10. The Balaban J connectivity index is 1.22. The highest BCUT2D eigenvalue weighted by molar-refractivity contribution is 7.89. The third-order valence-electron chi connectivity index (χ3n) is 9.62. The summed E-state index contributed by atoms with van der Waals surface area (Å²) in [5, 5.41) is 12.2. The van der Waals surface area contributed by atoms with E-state index in [4.69, 9.17) is 5.73 Å². The number of benzene rings is 4. The van der Waals surface area contributed by atoms with Crippen LogP contribution in [0.3, 0.4) is 0 Å². The molecule has 0 unspecified atom stereocenters. The van der Waals surface area contributed by atoms with Gasteiger partial charge in [0.2, 0.25) is 21.8 Å². The van der Waals surface area contributed by atoms with Crippen LogP contribution in [-0.2, 0) is 32.6 Å². The minimum Gasteiger partial charge on any atom is -0.344 e. The molecule has 1 atom stereocenters. The number of amides is 2. The van der Waals surface area contributed by atoms with Crippen LogP contribution in [0.25, 0.3) is 22.5 Å². The minimum absolute atomic E-state index is 0.146. The van der Waals surface area contributed by atoms with Gasteiger partial charge in [0.05, 0.1) is 4.90 Å². The van der Waals surface area contributed by atoms with Crippen molar-refractivity contribution in [2.45, 2.75) is 56.5 Å². The Morgan fingerprint density at radius 3 is 2.31 bits per heavy atom. The van der Waals surface area contributed by atoms with E-state index in [2.05, 4.69) is 30.5 Å². The zero-order valence-electron chi connectivity index (χ0n) is 28.9. The predicted octanol–water partition coefficient (Wildman–Crippen LogP) is 4.65. The van der Waals surface area contributed by atoms with Crippen molar-refractivity contribution in [3.8, 4) is 22.5 Å². The van der Waals surface area contributed by atoms with Crippen LogP contribution in [0.1, 0.15) is 42.4 Å². The third-order valence-corrected chi connectivity index (χ3v) is 11.0. The van der Waals surface area contributed by atoms with E-state index < -0.39 is 21.8 Å². The number of hydrogen-bond acceptors (Lipinski definition) is 7. The lowest BCUT2D eigenvalue weighted by molar-refractivity contribution is -0.130. The number of aromatic amines is 2. The van der Waals surface area contributed by atoms with Crippen molar-refractivity contribution in [1.82, 2.24) is 25.2 Å². The quantitative estimate of drug-likeness (QED) is 0.102. The second-order valence-corrected chi connectivity index (χ2v) is 15.1. The number of nitrogens with one attached hydrogen (secondary N) is 5. The normalized spacial score (nSPS) is 16.6. The molecule has 5 aromatic rings. The molecule has 6 rings (SSSR count). The highest BCUT2D eigenvalue weighted by atomic mass is 32.2. The monoisotopic (exact) mass is 721 g/mol. The van der Waals surface area contributed by atoms with Gasteiger partial charge in [0.25, 0.3) is 0 Å². The van der Waals surface area contributed by atoms with Crippen LogP contribution in [0, 0.1) is 18.8 Å². The van der Waals surface area contributed by atoms with Crippen LogP contribution in [0.4, 0.5) is 5.69 Å². The number of aryl methyl sites for hydroxylation is 1. The van der Waals surface area contributed by atoms with Crippen LogP contribution in [0.15, 0.2) is 107 Å². The number of sulfonamides is 1. The maximum atomic E-state index is 13.8. The van der Waals surface area contributed by atoms with E-state index in [1.54, 1.807) is 42.5 Å². The van der Waals surface area contributed by atoms with Gasteiger partial charge in [0.15, 0.2) is 5.82 Å². The van der Waals surface area contributed by atoms with Crippen molar-refractivity contribution in [2.24, 2.45) is 17.6 Å². The molecule has 7 N–H and O–H groups in total. The molecule has 0 spiro atoms. The molecule has 12 nitrogen and oxygen atoms in total. The molecule has 1 saturated carbocycles. The Hall–Kier alpha value is -5.37. The lowest BCUT2D eigenvalue weighted by Gasteiger charge is -2.28. The molecular weight excluding hydrogens is 679 g/mol. The molecule has 1 aliphatic rings. The lowest BCUT2D eigenvalue weighted by atomic mass is 9.81. The number of rotatable bonds is 13. The molecule has 1 aromatic heterocycles. The Kier molecular flexibility index (Phi) is 11.4. The lowest BCUT2D eigenvalue weighted by Crippen LogP contribution is -2.48.